The van der Waals surface area contributed by atoms with E-state index in [0.29, 0.717) is 6.07 Å². The van der Waals surface area contributed by atoms with E-state index in [0.717, 1.165) is 12.1 Å². The summed E-state index contributed by atoms with van der Waals surface area (Å²) in [6.45, 7) is 1.21. The first-order chi connectivity index (χ1) is 8.80. The van der Waals surface area contributed by atoms with Crippen molar-refractivity contribution < 1.29 is 22.4 Å². The Kier molecular flexibility index (Phi) is 2.89. The minimum Gasteiger partial charge on any atom is -0.310 e. The van der Waals surface area contributed by atoms with Crippen molar-refractivity contribution in [1.82, 2.24) is 5.32 Å². The average molecular weight is 272 g/mol. The number of hydrogen-bond acceptors (Lipinski definition) is 1. The molecule has 0 spiro atoms. The van der Waals surface area contributed by atoms with Gasteiger partial charge in [-0.3, -0.25) is 0 Å². The fourth-order valence-corrected chi connectivity index (χ4v) is 1.91. The van der Waals surface area contributed by atoms with Gasteiger partial charge in [0.15, 0.2) is 0 Å². The molecule has 2 rings (SSSR count). The van der Waals surface area contributed by atoms with Crippen molar-refractivity contribution in [3.63, 3.8) is 0 Å². The van der Waals surface area contributed by atoms with Crippen LogP contribution in [0.25, 0.3) is 0 Å². The van der Waals surface area contributed by atoms with Gasteiger partial charge in [-0.1, -0.05) is 5.92 Å². The first-order valence-corrected chi connectivity index (χ1v) is 5.20. The van der Waals surface area contributed by atoms with Gasteiger partial charge in [-0.15, -0.1) is 5.92 Å². The molecule has 0 aromatic heterocycles. The highest BCUT2D eigenvalue weighted by atomic mass is 19.4. The molecule has 0 aliphatic carbocycles. The van der Waals surface area contributed by atoms with Crippen LogP contribution < -0.4 is 10.6 Å². The van der Waals surface area contributed by atoms with Crippen LogP contribution in [-0.4, -0.2) is 12.2 Å². The summed E-state index contributed by atoms with van der Waals surface area (Å²) in [4.78, 5) is 11.4. The number of carbonyl (C=O) groups is 1. The lowest BCUT2D eigenvalue weighted by Gasteiger charge is -2.37. The number of anilines is 1. The summed E-state index contributed by atoms with van der Waals surface area (Å²) < 4.78 is 53.1. The van der Waals surface area contributed by atoms with Crippen molar-refractivity contribution in [3.05, 3.63) is 29.6 Å². The number of halogens is 4. The van der Waals surface area contributed by atoms with Crippen molar-refractivity contribution in [2.75, 3.05) is 5.32 Å². The van der Waals surface area contributed by atoms with Gasteiger partial charge in [-0.05, 0) is 25.1 Å². The van der Waals surface area contributed by atoms with Gasteiger partial charge in [0.05, 0.1) is 0 Å². The number of alkyl halides is 3. The van der Waals surface area contributed by atoms with Crippen molar-refractivity contribution in [2.24, 2.45) is 0 Å². The molecule has 2 N–H and O–H groups in total. The van der Waals surface area contributed by atoms with E-state index in [-0.39, 0.29) is 5.69 Å². The molecule has 100 valence electrons. The summed E-state index contributed by atoms with van der Waals surface area (Å²) in [5.41, 5.74) is -3.49. The van der Waals surface area contributed by atoms with Gasteiger partial charge >= 0.3 is 12.2 Å². The van der Waals surface area contributed by atoms with Gasteiger partial charge in [0.25, 0.3) is 0 Å². The van der Waals surface area contributed by atoms with Crippen molar-refractivity contribution in [2.45, 2.75) is 18.6 Å². The largest absolute Gasteiger partial charge is 0.427 e. The van der Waals surface area contributed by atoms with Gasteiger partial charge in [0, 0.05) is 11.3 Å². The predicted molar refractivity (Wildman–Crippen MR) is 59.7 cm³/mol. The van der Waals surface area contributed by atoms with Gasteiger partial charge in [-0.25, -0.2) is 9.18 Å². The third-order valence-electron chi connectivity index (χ3n) is 2.67. The molecule has 1 heterocycles. The Morgan fingerprint density at radius 1 is 1.32 bits per heavy atom. The Balaban J connectivity index is 2.78. The zero-order valence-electron chi connectivity index (χ0n) is 9.65. The van der Waals surface area contributed by atoms with Crippen LogP contribution in [0.1, 0.15) is 12.5 Å². The summed E-state index contributed by atoms with van der Waals surface area (Å²) in [6, 6.07) is 1.70. The number of urea groups is 1. The molecule has 3 nitrogen and oxygen atoms in total. The van der Waals surface area contributed by atoms with E-state index in [1.54, 1.807) is 5.32 Å². The SMILES string of the molecule is CC#CC1(C(F)(F)F)NC(=O)Nc2ccc(F)cc21. The first kappa shape index (κ1) is 13.2. The van der Waals surface area contributed by atoms with E-state index in [1.165, 1.54) is 6.92 Å². The third kappa shape index (κ3) is 1.99. The smallest absolute Gasteiger partial charge is 0.310 e. The Labute approximate surface area is 106 Å². The normalized spacial score (nSPS) is 21.6. The molecule has 1 atom stereocenters. The standard InChI is InChI=1S/C12H8F4N2O/c1-2-5-11(12(14,15)16)8-6-7(13)3-4-9(8)17-10(19)18-11/h3-4,6H,1H3,(H2,17,18,19). The van der Waals surface area contributed by atoms with Crippen molar-refractivity contribution >= 4 is 11.7 Å². The molecular weight excluding hydrogens is 264 g/mol. The Morgan fingerprint density at radius 3 is 2.58 bits per heavy atom. The quantitative estimate of drug-likeness (QED) is 0.553. The van der Waals surface area contributed by atoms with Crippen LogP contribution in [-0.2, 0) is 5.54 Å². The molecular formula is C12H8F4N2O. The van der Waals surface area contributed by atoms with E-state index >= 15 is 0 Å². The third-order valence-corrected chi connectivity index (χ3v) is 2.67. The first-order valence-electron chi connectivity index (χ1n) is 5.20. The van der Waals surface area contributed by atoms with Crippen molar-refractivity contribution in [1.29, 1.82) is 0 Å². The topological polar surface area (TPSA) is 41.1 Å². The van der Waals surface area contributed by atoms with Gasteiger partial charge in [0.1, 0.15) is 5.82 Å². The highest BCUT2D eigenvalue weighted by Crippen LogP contribution is 2.43. The predicted octanol–water partition coefficient (Wildman–Crippen LogP) is 2.74. The minimum atomic E-state index is -4.88. The van der Waals surface area contributed by atoms with E-state index in [1.807, 2.05) is 5.92 Å². The molecule has 1 aliphatic heterocycles. The molecule has 1 aromatic rings. The van der Waals surface area contributed by atoms with E-state index in [9.17, 15) is 22.4 Å². The zero-order chi connectivity index (χ0) is 14.3. The fraction of sp³-hybridized carbons (Fsp3) is 0.250. The van der Waals surface area contributed by atoms with Crippen LogP contribution in [0.5, 0.6) is 0 Å². The summed E-state index contributed by atoms with van der Waals surface area (Å²) >= 11 is 0. The molecule has 1 unspecified atom stereocenters. The molecule has 2 amide bonds. The molecule has 19 heavy (non-hydrogen) atoms. The second kappa shape index (κ2) is 4.16. The lowest BCUT2D eigenvalue weighted by atomic mass is 9.86. The van der Waals surface area contributed by atoms with Crippen molar-refractivity contribution in [3.8, 4) is 11.8 Å². The van der Waals surface area contributed by atoms with Crippen LogP contribution >= 0.6 is 0 Å². The summed E-state index contributed by atoms with van der Waals surface area (Å²) in [5, 5.41) is 3.93. The van der Waals surface area contributed by atoms with Crippen LogP contribution in [0.3, 0.4) is 0 Å². The lowest BCUT2D eigenvalue weighted by Crippen LogP contribution is -2.59. The van der Waals surface area contributed by atoms with E-state index in [4.69, 9.17) is 0 Å². The van der Waals surface area contributed by atoms with Crippen LogP contribution in [0.4, 0.5) is 28.0 Å². The number of nitrogens with one attached hydrogen (secondary N) is 2. The summed E-state index contributed by atoms with van der Waals surface area (Å²) in [6.07, 6.45) is -4.88. The Bertz CT molecular complexity index is 600. The maximum atomic E-state index is 13.3. The molecule has 0 bridgehead atoms. The van der Waals surface area contributed by atoms with Gasteiger partial charge in [-0.2, -0.15) is 13.2 Å². The molecule has 0 fully saturated rings. The Hall–Kier alpha value is -2.23. The number of amides is 2. The molecule has 0 saturated carbocycles. The molecule has 1 aromatic carbocycles. The van der Waals surface area contributed by atoms with Gasteiger partial charge in [0.2, 0.25) is 5.54 Å². The number of benzene rings is 1. The fourth-order valence-electron chi connectivity index (χ4n) is 1.91. The number of carbonyl (C=O) groups excluding carboxylic acids is 1. The molecule has 7 heteroatoms. The van der Waals surface area contributed by atoms with Crippen LogP contribution in [0.2, 0.25) is 0 Å². The second-order valence-corrected chi connectivity index (χ2v) is 3.89. The minimum absolute atomic E-state index is 0.120. The van der Waals surface area contributed by atoms with E-state index in [2.05, 4.69) is 11.2 Å². The number of hydrogen-bond donors (Lipinski definition) is 2. The number of rotatable bonds is 0. The maximum Gasteiger partial charge on any atom is 0.427 e. The second-order valence-electron chi connectivity index (χ2n) is 3.89. The zero-order valence-corrected chi connectivity index (χ0v) is 9.65. The average Bonchev–Trinajstić information content (AvgIpc) is 2.28. The maximum absolute atomic E-state index is 13.3. The summed E-state index contributed by atoms with van der Waals surface area (Å²) in [7, 11) is 0. The highest BCUT2D eigenvalue weighted by molar-refractivity contribution is 5.94. The number of fused-ring (bicyclic) bond motifs is 1. The highest BCUT2D eigenvalue weighted by Gasteiger charge is 2.59. The molecule has 0 saturated heterocycles. The molecule has 1 aliphatic rings. The van der Waals surface area contributed by atoms with Crippen LogP contribution in [0, 0.1) is 17.7 Å². The molecule has 0 radical (unpaired) electrons. The van der Waals surface area contributed by atoms with Crippen LogP contribution in [0.15, 0.2) is 18.2 Å². The van der Waals surface area contributed by atoms with E-state index < -0.39 is 29.1 Å². The van der Waals surface area contributed by atoms with Gasteiger partial charge < -0.3 is 10.6 Å². The monoisotopic (exact) mass is 272 g/mol. The Morgan fingerprint density at radius 2 is 2.00 bits per heavy atom. The lowest BCUT2D eigenvalue weighted by molar-refractivity contribution is -0.178. The summed E-state index contributed by atoms with van der Waals surface area (Å²) in [5.74, 6) is 3.22.